The quantitative estimate of drug-likeness (QED) is 0.634. The molecule has 2 aliphatic rings. The van der Waals surface area contributed by atoms with Crippen LogP contribution in [-0.4, -0.2) is 28.3 Å². The number of pyridine rings is 1. The highest BCUT2D eigenvalue weighted by Gasteiger charge is 2.30. The average molecular weight is 433 g/mol. The SMILES string of the molecule is O=C(Nc1nc(-c2ccc3c(c2)CCCN3C(=O)C2CCCC2)cs1)c1ccccn1. The lowest BCUT2D eigenvalue weighted by atomic mass is 9.96. The second kappa shape index (κ2) is 8.59. The summed E-state index contributed by atoms with van der Waals surface area (Å²) >= 11 is 1.39. The van der Waals surface area contributed by atoms with Gasteiger partial charge < -0.3 is 4.90 Å². The van der Waals surface area contributed by atoms with Crippen molar-refractivity contribution in [3.05, 3.63) is 59.2 Å². The molecule has 158 valence electrons. The van der Waals surface area contributed by atoms with Gasteiger partial charge in [0.05, 0.1) is 5.69 Å². The first-order valence-electron chi connectivity index (χ1n) is 10.8. The van der Waals surface area contributed by atoms with Crippen LogP contribution < -0.4 is 10.2 Å². The van der Waals surface area contributed by atoms with Crippen LogP contribution in [0.4, 0.5) is 10.8 Å². The molecule has 0 radical (unpaired) electrons. The summed E-state index contributed by atoms with van der Waals surface area (Å²) in [5.74, 6) is 0.210. The van der Waals surface area contributed by atoms with Gasteiger partial charge in [-0.1, -0.05) is 25.0 Å². The van der Waals surface area contributed by atoms with Gasteiger partial charge in [0.2, 0.25) is 5.91 Å². The van der Waals surface area contributed by atoms with Crippen LogP contribution in [0.3, 0.4) is 0 Å². The molecule has 0 spiro atoms. The smallest absolute Gasteiger partial charge is 0.276 e. The number of rotatable bonds is 4. The van der Waals surface area contributed by atoms with E-state index in [1.165, 1.54) is 29.7 Å². The molecule has 0 bridgehead atoms. The third-order valence-electron chi connectivity index (χ3n) is 6.09. The van der Waals surface area contributed by atoms with Crippen LogP contribution in [0.15, 0.2) is 48.0 Å². The number of nitrogens with zero attached hydrogens (tertiary/aromatic N) is 3. The number of amides is 2. The molecule has 0 atom stereocenters. The number of carbonyl (C=O) groups is 2. The zero-order valence-corrected chi connectivity index (χ0v) is 18.0. The third kappa shape index (κ3) is 4.10. The van der Waals surface area contributed by atoms with Crippen molar-refractivity contribution in [3.8, 4) is 11.3 Å². The first-order chi connectivity index (χ1) is 15.2. The Labute approximate surface area is 185 Å². The molecule has 7 heteroatoms. The lowest BCUT2D eigenvalue weighted by molar-refractivity contribution is -0.122. The maximum absolute atomic E-state index is 13.0. The molecule has 1 aromatic carbocycles. The lowest BCUT2D eigenvalue weighted by Gasteiger charge is -2.31. The van der Waals surface area contributed by atoms with Gasteiger partial charge in [0.15, 0.2) is 5.13 Å². The van der Waals surface area contributed by atoms with E-state index in [-0.39, 0.29) is 11.8 Å². The number of aryl methyl sites for hydroxylation is 1. The first kappa shape index (κ1) is 19.9. The van der Waals surface area contributed by atoms with Crippen LogP contribution in [0.2, 0.25) is 0 Å². The maximum atomic E-state index is 13.0. The largest absolute Gasteiger partial charge is 0.312 e. The van der Waals surface area contributed by atoms with E-state index >= 15 is 0 Å². The molecule has 2 amide bonds. The first-order valence-corrected chi connectivity index (χ1v) is 11.7. The summed E-state index contributed by atoms with van der Waals surface area (Å²) in [7, 11) is 0. The number of carbonyl (C=O) groups excluding carboxylic acids is 2. The number of fused-ring (bicyclic) bond motifs is 1. The standard InChI is InChI=1S/C24H24N4O2S/c29-22(19-9-3-4-12-25-19)27-24-26-20(15-31-24)17-10-11-21-18(14-17)8-5-13-28(21)23(30)16-6-1-2-7-16/h3-4,9-12,14-16H,1-2,5-8,13H2,(H,26,27,29). The highest BCUT2D eigenvalue weighted by Crippen LogP contribution is 2.35. The second-order valence-corrected chi connectivity index (χ2v) is 8.98. The van der Waals surface area contributed by atoms with Crippen LogP contribution in [0.1, 0.15) is 48.2 Å². The highest BCUT2D eigenvalue weighted by molar-refractivity contribution is 7.14. The molecule has 3 aromatic rings. The van der Waals surface area contributed by atoms with Crippen LogP contribution in [0.5, 0.6) is 0 Å². The molecule has 1 aliphatic carbocycles. The van der Waals surface area contributed by atoms with Crippen LogP contribution in [-0.2, 0) is 11.2 Å². The van der Waals surface area contributed by atoms with E-state index in [0.717, 1.165) is 49.2 Å². The molecule has 3 heterocycles. The molecule has 2 aromatic heterocycles. The Kier molecular flexibility index (Phi) is 5.51. The zero-order chi connectivity index (χ0) is 21.2. The van der Waals surface area contributed by atoms with Crippen molar-refractivity contribution in [1.82, 2.24) is 9.97 Å². The van der Waals surface area contributed by atoms with Crippen molar-refractivity contribution >= 4 is 34.0 Å². The Morgan fingerprint density at radius 3 is 2.77 bits per heavy atom. The lowest BCUT2D eigenvalue weighted by Crippen LogP contribution is -2.39. The van der Waals surface area contributed by atoms with Crippen molar-refractivity contribution in [3.63, 3.8) is 0 Å². The van der Waals surface area contributed by atoms with Gasteiger partial charge in [-0.25, -0.2) is 4.98 Å². The van der Waals surface area contributed by atoms with Gasteiger partial charge >= 0.3 is 0 Å². The van der Waals surface area contributed by atoms with Crippen molar-refractivity contribution in [2.24, 2.45) is 5.92 Å². The Hall–Kier alpha value is -3.06. The molecular weight excluding hydrogens is 408 g/mol. The topological polar surface area (TPSA) is 75.2 Å². The summed E-state index contributed by atoms with van der Waals surface area (Å²) in [6.45, 7) is 0.808. The molecule has 0 unspecified atom stereocenters. The molecule has 6 nitrogen and oxygen atoms in total. The molecule has 1 fully saturated rings. The fourth-order valence-corrected chi connectivity index (χ4v) is 5.22. The fraction of sp³-hybridized carbons (Fsp3) is 0.333. The van der Waals surface area contributed by atoms with Crippen molar-refractivity contribution < 1.29 is 9.59 Å². The van der Waals surface area contributed by atoms with Gasteiger partial charge in [-0.2, -0.15) is 0 Å². The summed E-state index contributed by atoms with van der Waals surface area (Å²) in [5.41, 5.74) is 4.43. The minimum Gasteiger partial charge on any atom is -0.312 e. The molecule has 1 saturated carbocycles. The monoisotopic (exact) mass is 432 g/mol. The maximum Gasteiger partial charge on any atom is 0.276 e. The Morgan fingerprint density at radius 2 is 1.97 bits per heavy atom. The van der Waals surface area contributed by atoms with Gasteiger partial charge in [-0.3, -0.25) is 19.9 Å². The van der Waals surface area contributed by atoms with Crippen molar-refractivity contribution in [1.29, 1.82) is 0 Å². The number of aromatic nitrogens is 2. The molecule has 0 saturated heterocycles. The predicted octanol–water partition coefficient (Wildman–Crippen LogP) is 4.93. The van der Waals surface area contributed by atoms with E-state index in [0.29, 0.717) is 16.7 Å². The minimum absolute atomic E-state index is 0.189. The average Bonchev–Trinajstić information content (AvgIpc) is 3.51. The molecular formula is C24H24N4O2S. The summed E-state index contributed by atoms with van der Waals surface area (Å²) in [5, 5.41) is 5.30. The minimum atomic E-state index is -0.270. The van der Waals surface area contributed by atoms with Crippen molar-refractivity contribution in [2.45, 2.75) is 38.5 Å². The molecule has 5 rings (SSSR count). The van der Waals surface area contributed by atoms with E-state index in [2.05, 4.69) is 27.4 Å². The summed E-state index contributed by atoms with van der Waals surface area (Å²) in [6, 6.07) is 11.5. The molecule has 1 aliphatic heterocycles. The van der Waals surface area contributed by atoms with Crippen LogP contribution in [0.25, 0.3) is 11.3 Å². The van der Waals surface area contributed by atoms with E-state index < -0.39 is 0 Å². The van der Waals surface area contributed by atoms with E-state index in [1.807, 2.05) is 16.3 Å². The summed E-state index contributed by atoms with van der Waals surface area (Å²) < 4.78 is 0. The highest BCUT2D eigenvalue weighted by atomic mass is 32.1. The zero-order valence-electron chi connectivity index (χ0n) is 17.2. The number of thiazole rings is 1. The van der Waals surface area contributed by atoms with Gasteiger partial charge in [0, 0.05) is 35.3 Å². The van der Waals surface area contributed by atoms with Crippen LogP contribution >= 0.6 is 11.3 Å². The number of hydrogen-bond acceptors (Lipinski definition) is 5. The Balaban J connectivity index is 1.34. The van der Waals surface area contributed by atoms with Crippen LogP contribution in [0, 0.1) is 5.92 Å². The molecule has 31 heavy (non-hydrogen) atoms. The fourth-order valence-electron chi connectivity index (χ4n) is 4.50. The summed E-state index contributed by atoms with van der Waals surface area (Å²) in [4.78, 5) is 36.0. The van der Waals surface area contributed by atoms with Gasteiger partial charge in [0.1, 0.15) is 5.69 Å². The number of hydrogen-bond donors (Lipinski definition) is 1. The number of nitrogens with one attached hydrogen (secondary N) is 1. The predicted molar refractivity (Wildman–Crippen MR) is 122 cm³/mol. The Morgan fingerprint density at radius 1 is 1.10 bits per heavy atom. The normalized spacial score (nSPS) is 16.2. The Bertz CT molecular complexity index is 1110. The van der Waals surface area contributed by atoms with Gasteiger partial charge in [-0.05, 0) is 55.5 Å². The van der Waals surface area contributed by atoms with E-state index in [1.54, 1.807) is 24.4 Å². The number of benzene rings is 1. The molecule has 1 N–H and O–H groups in total. The van der Waals surface area contributed by atoms with Gasteiger partial charge in [-0.15, -0.1) is 11.3 Å². The number of anilines is 2. The van der Waals surface area contributed by atoms with E-state index in [9.17, 15) is 9.59 Å². The summed E-state index contributed by atoms with van der Waals surface area (Å²) in [6.07, 6.45) is 7.92. The van der Waals surface area contributed by atoms with Gasteiger partial charge in [0.25, 0.3) is 5.91 Å². The van der Waals surface area contributed by atoms with Crippen molar-refractivity contribution in [2.75, 3.05) is 16.8 Å². The van der Waals surface area contributed by atoms with E-state index in [4.69, 9.17) is 0 Å². The second-order valence-electron chi connectivity index (χ2n) is 8.13. The third-order valence-corrected chi connectivity index (χ3v) is 6.84.